The second-order valence-electron chi connectivity index (χ2n) is 6.80. The van der Waals surface area contributed by atoms with Crippen LogP contribution in [0.4, 0.5) is 4.39 Å². The molecule has 132 valence electrons. The van der Waals surface area contributed by atoms with Crippen LogP contribution in [-0.2, 0) is 6.42 Å². The zero-order valence-corrected chi connectivity index (χ0v) is 14.6. The fraction of sp³-hybridized carbons (Fsp3) is 0.316. The smallest absolute Gasteiger partial charge is 0.253 e. The molecule has 5 nitrogen and oxygen atoms in total. The van der Waals surface area contributed by atoms with Gasteiger partial charge in [0, 0.05) is 24.5 Å². The number of aromatic nitrogens is 1. The topological polar surface area (TPSA) is 71.1 Å². The van der Waals surface area contributed by atoms with Gasteiger partial charge in [0.15, 0.2) is 0 Å². The molecular formula is C19H22FN3O2. The monoisotopic (exact) mass is 343 g/mol. The normalized spacial score (nSPS) is 11.0. The van der Waals surface area contributed by atoms with E-state index in [1.807, 2.05) is 20.8 Å². The Morgan fingerprint density at radius 3 is 2.24 bits per heavy atom. The van der Waals surface area contributed by atoms with Crippen molar-refractivity contribution in [1.29, 1.82) is 0 Å². The largest absolute Gasteiger partial charge is 0.352 e. The third-order valence-electron chi connectivity index (χ3n) is 3.36. The molecule has 0 fully saturated rings. The second kappa shape index (κ2) is 7.88. The summed E-state index contributed by atoms with van der Waals surface area (Å²) in [6.07, 6.45) is 3.43. The van der Waals surface area contributed by atoms with Gasteiger partial charge in [-0.2, -0.15) is 0 Å². The summed E-state index contributed by atoms with van der Waals surface area (Å²) in [5, 5.41) is 5.60. The number of hydrogen-bond donors (Lipinski definition) is 2. The van der Waals surface area contributed by atoms with Gasteiger partial charge >= 0.3 is 0 Å². The Morgan fingerprint density at radius 2 is 1.64 bits per heavy atom. The highest BCUT2D eigenvalue weighted by Gasteiger charge is 2.17. The number of amides is 2. The summed E-state index contributed by atoms with van der Waals surface area (Å²) in [4.78, 5) is 28.3. The van der Waals surface area contributed by atoms with Gasteiger partial charge in [-0.1, -0.05) is 12.1 Å². The average Bonchev–Trinajstić information content (AvgIpc) is 2.55. The maximum atomic E-state index is 12.9. The van der Waals surface area contributed by atoms with Crippen molar-refractivity contribution in [3.8, 4) is 0 Å². The number of rotatable bonds is 5. The van der Waals surface area contributed by atoms with E-state index in [1.165, 1.54) is 30.6 Å². The zero-order valence-electron chi connectivity index (χ0n) is 14.6. The van der Waals surface area contributed by atoms with Gasteiger partial charge in [-0.25, -0.2) is 4.39 Å². The summed E-state index contributed by atoms with van der Waals surface area (Å²) in [5.74, 6) is -0.870. The fourth-order valence-electron chi connectivity index (χ4n) is 2.17. The number of halogens is 1. The van der Waals surface area contributed by atoms with Crippen LogP contribution < -0.4 is 10.6 Å². The molecule has 2 aromatic rings. The van der Waals surface area contributed by atoms with Gasteiger partial charge in [0.05, 0.1) is 11.1 Å². The summed E-state index contributed by atoms with van der Waals surface area (Å²) < 4.78 is 12.9. The maximum Gasteiger partial charge on any atom is 0.253 e. The predicted octanol–water partition coefficient (Wildman–Crippen LogP) is 2.72. The molecule has 0 unspecified atom stereocenters. The lowest BCUT2D eigenvalue weighted by atomic mass is 10.1. The van der Waals surface area contributed by atoms with E-state index in [-0.39, 0.29) is 23.2 Å². The fourth-order valence-corrected chi connectivity index (χ4v) is 2.17. The molecule has 6 heteroatoms. The molecule has 2 N–H and O–H groups in total. The van der Waals surface area contributed by atoms with Crippen LogP contribution in [0.2, 0.25) is 0 Å². The van der Waals surface area contributed by atoms with E-state index in [0.29, 0.717) is 24.1 Å². The molecule has 25 heavy (non-hydrogen) atoms. The van der Waals surface area contributed by atoms with Gasteiger partial charge in [-0.15, -0.1) is 0 Å². The Labute approximate surface area is 146 Å². The van der Waals surface area contributed by atoms with Gasteiger partial charge < -0.3 is 10.6 Å². The predicted molar refractivity (Wildman–Crippen MR) is 93.9 cm³/mol. The molecule has 0 atom stereocenters. The number of carbonyl (C=O) groups excluding carboxylic acids is 2. The molecule has 0 aliphatic heterocycles. The highest BCUT2D eigenvalue weighted by atomic mass is 19.1. The second-order valence-corrected chi connectivity index (χ2v) is 6.80. The van der Waals surface area contributed by atoms with E-state index in [0.717, 1.165) is 5.56 Å². The van der Waals surface area contributed by atoms with Crippen LogP contribution in [0.3, 0.4) is 0 Å². The van der Waals surface area contributed by atoms with Crippen molar-refractivity contribution >= 4 is 11.8 Å². The third-order valence-corrected chi connectivity index (χ3v) is 3.36. The summed E-state index contributed by atoms with van der Waals surface area (Å²) in [6, 6.07) is 7.65. The first-order valence-electron chi connectivity index (χ1n) is 8.05. The number of nitrogens with one attached hydrogen (secondary N) is 2. The van der Waals surface area contributed by atoms with Gasteiger partial charge in [0.25, 0.3) is 11.8 Å². The lowest BCUT2D eigenvalue weighted by molar-refractivity contribution is 0.0919. The van der Waals surface area contributed by atoms with Crippen LogP contribution >= 0.6 is 0 Å². The van der Waals surface area contributed by atoms with Crippen molar-refractivity contribution in [2.45, 2.75) is 32.7 Å². The number of nitrogens with zero attached hydrogens (tertiary/aromatic N) is 1. The van der Waals surface area contributed by atoms with Crippen LogP contribution in [0.5, 0.6) is 0 Å². The van der Waals surface area contributed by atoms with Crippen molar-refractivity contribution in [2.24, 2.45) is 0 Å². The van der Waals surface area contributed by atoms with Crippen molar-refractivity contribution < 1.29 is 14.0 Å². The van der Waals surface area contributed by atoms with Crippen LogP contribution in [0.15, 0.2) is 42.7 Å². The number of pyridine rings is 1. The Kier molecular flexibility index (Phi) is 5.85. The summed E-state index contributed by atoms with van der Waals surface area (Å²) in [6.45, 7) is 6.04. The number of hydrogen-bond acceptors (Lipinski definition) is 3. The van der Waals surface area contributed by atoms with Crippen molar-refractivity contribution in [1.82, 2.24) is 15.6 Å². The molecule has 1 aromatic heterocycles. The lowest BCUT2D eigenvalue weighted by Crippen LogP contribution is -2.40. The minimum absolute atomic E-state index is 0.277. The van der Waals surface area contributed by atoms with Gasteiger partial charge in [-0.05, 0) is 51.0 Å². The molecule has 0 aliphatic rings. The standard InChI is InChI=1S/C19H22FN3O2/c1-19(2,3)23-18(25)15-10-14(11-21-12-15)17(24)22-9-8-13-4-6-16(20)7-5-13/h4-7,10-12H,8-9H2,1-3H3,(H,22,24)(H,23,25). The SMILES string of the molecule is CC(C)(C)NC(=O)c1cncc(C(=O)NCCc2ccc(F)cc2)c1. The highest BCUT2D eigenvalue weighted by Crippen LogP contribution is 2.07. The molecule has 2 amide bonds. The molecule has 0 spiro atoms. The van der Waals surface area contributed by atoms with E-state index >= 15 is 0 Å². The average molecular weight is 343 g/mol. The van der Waals surface area contributed by atoms with E-state index in [4.69, 9.17) is 0 Å². The van der Waals surface area contributed by atoms with Crippen LogP contribution in [0.25, 0.3) is 0 Å². The maximum absolute atomic E-state index is 12.9. The first-order chi connectivity index (χ1) is 11.7. The summed E-state index contributed by atoms with van der Waals surface area (Å²) >= 11 is 0. The van der Waals surface area contributed by atoms with E-state index in [1.54, 1.807) is 12.1 Å². The molecule has 2 rings (SSSR count). The molecule has 0 bridgehead atoms. The lowest BCUT2D eigenvalue weighted by Gasteiger charge is -2.20. The molecule has 0 aliphatic carbocycles. The molecule has 1 aromatic carbocycles. The van der Waals surface area contributed by atoms with Crippen LogP contribution in [0, 0.1) is 5.82 Å². The van der Waals surface area contributed by atoms with E-state index in [9.17, 15) is 14.0 Å². The molecular weight excluding hydrogens is 321 g/mol. The first-order valence-corrected chi connectivity index (χ1v) is 8.05. The summed E-state index contributed by atoms with van der Waals surface area (Å²) in [7, 11) is 0. The zero-order chi connectivity index (χ0) is 18.4. The molecule has 1 heterocycles. The van der Waals surface area contributed by atoms with Crippen molar-refractivity contribution in [2.75, 3.05) is 6.54 Å². The van der Waals surface area contributed by atoms with Gasteiger partial charge in [-0.3, -0.25) is 14.6 Å². The highest BCUT2D eigenvalue weighted by molar-refractivity contribution is 5.99. The van der Waals surface area contributed by atoms with Gasteiger partial charge in [0.1, 0.15) is 5.82 Å². The Hall–Kier alpha value is -2.76. The van der Waals surface area contributed by atoms with Crippen molar-refractivity contribution in [3.63, 3.8) is 0 Å². The van der Waals surface area contributed by atoms with E-state index < -0.39 is 0 Å². The Morgan fingerprint density at radius 1 is 1.04 bits per heavy atom. The number of carbonyl (C=O) groups is 2. The molecule has 0 saturated carbocycles. The van der Waals surface area contributed by atoms with Crippen LogP contribution in [-0.4, -0.2) is 28.9 Å². The number of benzene rings is 1. The first kappa shape index (κ1) is 18.6. The minimum atomic E-state index is -0.371. The Balaban J connectivity index is 1.94. The molecule has 0 saturated heterocycles. The summed E-state index contributed by atoms with van der Waals surface area (Å²) in [5.41, 5.74) is 1.21. The quantitative estimate of drug-likeness (QED) is 0.877. The Bertz CT molecular complexity index is 752. The molecule has 0 radical (unpaired) electrons. The van der Waals surface area contributed by atoms with Crippen LogP contribution in [0.1, 0.15) is 47.1 Å². The van der Waals surface area contributed by atoms with Gasteiger partial charge in [0.2, 0.25) is 0 Å². The third kappa shape index (κ3) is 5.99. The minimum Gasteiger partial charge on any atom is -0.352 e. The van der Waals surface area contributed by atoms with E-state index in [2.05, 4.69) is 15.6 Å². The van der Waals surface area contributed by atoms with Crippen molar-refractivity contribution in [3.05, 3.63) is 65.2 Å².